The van der Waals surface area contributed by atoms with E-state index < -0.39 is 18.9 Å². The second kappa shape index (κ2) is 5.37. The standard InChI is InChI=1S/C11H14F3NO2/c1-7(15)8-3-2-4-9(5-8)17-6-10(16)11(12,13)14/h2-5,7,10,16H,6,15H2,1H3. The van der Waals surface area contributed by atoms with Gasteiger partial charge in [-0.3, -0.25) is 0 Å². The summed E-state index contributed by atoms with van der Waals surface area (Å²) in [5.41, 5.74) is 6.38. The molecule has 1 rings (SSSR count). The molecule has 2 atom stereocenters. The molecule has 0 fully saturated rings. The molecule has 1 aromatic carbocycles. The van der Waals surface area contributed by atoms with Crippen LogP contribution in [-0.4, -0.2) is 24.0 Å². The Morgan fingerprint density at radius 1 is 1.41 bits per heavy atom. The number of alkyl halides is 3. The maximum absolute atomic E-state index is 12.0. The van der Waals surface area contributed by atoms with Crippen LogP contribution in [0.25, 0.3) is 0 Å². The molecule has 96 valence electrons. The molecule has 3 nitrogen and oxygen atoms in total. The molecule has 0 aliphatic heterocycles. The summed E-state index contributed by atoms with van der Waals surface area (Å²) in [5, 5.41) is 8.75. The summed E-state index contributed by atoms with van der Waals surface area (Å²) < 4.78 is 40.9. The predicted octanol–water partition coefficient (Wildman–Crippen LogP) is 2.01. The van der Waals surface area contributed by atoms with E-state index >= 15 is 0 Å². The van der Waals surface area contributed by atoms with Crippen molar-refractivity contribution in [2.24, 2.45) is 5.73 Å². The molecule has 0 aliphatic rings. The Morgan fingerprint density at radius 2 is 2.06 bits per heavy atom. The van der Waals surface area contributed by atoms with E-state index in [1.165, 1.54) is 6.07 Å². The van der Waals surface area contributed by atoms with E-state index in [-0.39, 0.29) is 11.8 Å². The van der Waals surface area contributed by atoms with E-state index in [2.05, 4.69) is 0 Å². The van der Waals surface area contributed by atoms with Crippen LogP contribution in [0.15, 0.2) is 24.3 Å². The smallest absolute Gasteiger partial charge is 0.417 e. The third-order valence-electron chi connectivity index (χ3n) is 2.17. The van der Waals surface area contributed by atoms with Crippen molar-refractivity contribution in [1.82, 2.24) is 0 Å². The molecule has 0 bridgehead atoms. The lowest BCUT2D eigenvalue weighted by molar-refractivity contribution is -0.210. The van der Waals surface area contributed by atoms with Gasteiger partial charge in [-0.1, -0.05) is 12.1 Å². The summed E-state index contributed by atoms with van der Waals surface area (Å²) in [4.78, 5) is 0. The Hall–Kier alpha value is -1.27. The van der Waals surface area contributed by atoms with Crippen LogP contribution >= 0.6 is 0 Å². The van der Waals surface area contributed by atoms with Crippen LogP contribution in [-0.2, 0) is 0 Å². The second-order valence-electron chi connectivity index (χ2n) is 3.73. The average Bonchev–Trinajstić information content (AvgIpc) is 2.25. The molecule has 0 radical (unpaired) electrons. The highest BCUT2D eigenvalue weighted by Crippen LogP contribution is 2.22. The van der Waals surface area contributed by atoms with Gasteiger partial charge < -0.3 is 15.6 Å². The number of aliphatic hydroxyl groups excluding tert-OH is 1. The Labute approximate surface area is 97.0 Å². The molecule has 0 saturated carbocycles. The number of ether oxygens (including phenoxy) is 1. The first-order chi connectivity index (χ1) is 7.80. The Balaban J connectivity index is 2.61. The SMILES string of the molecule is CC(N)c1cccc(OCC(O)C(F)(F)F)c1. The van der Waals surface area contributed by atoms with E-state index in [0.717, 1.165) is 5.56 Å². The fraction of sp³-hybridized carbons (Fsp3) is 0.455. The van der Waals surface area contributed by atoms with Crippen molar-refractivity contribution in [2.45, 2.75) is 25.2 Å². The van der Waals surface area contributed by atoms with Crippen molar-refractivity contribution in [2.75, 3.05) is 6.61 Å². The van der Waals surface area contributed by atoms with Crippen molar-refractivity contribution in [3.8, 4) is 5.75 Å². The third-order valence-corrected chi connectivity index (χ3v) is 2.17. The number of halogens is 3. The second-order valence-corrected chi connectivity index (χ2v) is 3.73. The summed E-state index contributed by atoms with van der Waals surface area (Å²) in [7, 11) is 0. The van der Waals surface area contributed by atoms with E-state index in [1.54, 1.807) is 25.1 Å². The van der Waals surface area contributed by atoms with Crippen molar-refractivity contribution >= 4 is 0 Å². The minimum Gasteiger partial charge on any atom is -0.491 e. The Bertz CT molecular complexity index is 366. The topological polar surface area (TPSA) is 55.5 Å². The van der Waals surface area contributed by atoms with Crippen LogP contribution in [0, 0.1) is 0 Å². The van der Waals surface area contributed by atoms with Gasteiger partial charge in [0.15, 0.2) is 6.10 Å². The van der Waals surface area contributed by atoms with E-state index in [0.29, 0.717) is 0 Å². The zero-order valence-electron chi connectivity index (χ0n) is 9.24. The summed E-state index contributed by atoms with van der Waals surface area (Å²) in [6, 6.07) is 6.21. The molecule has 6 heteroatoms. The van der Waals surface area contributed by atoms with E-state index in [4.69, 9.17) is 15.6 Å². The summed E-state index contributed by atoms with van der Waals surface area (Å²) in [6.07, 6.45) is -7.15. The number of rotatable bonds is 4. The zero-order valence-corrected chi connectivity index (χ0v) is 9.24. The molecule has 3 N–H and O–H groups in total. The zero-order chi connectivity index (χ0) is 13.1. The molecular formula is C11H14F3NO2. The quantitative estimate of drug-likeness (QED) is 0.858. The largest absolute Gasteiger partial charge is 0.491 e. The van der Waals surface area contributed by atoms with Crippen molar-refractivity contribution in [1.29, 1.82) is 0 Å². The Morgan fingerprint density at radius 3 is 2.59 bits per heavy atom. The first kappa shape index (κ1) is 13.8. The molecular weight excluding hydrogens is 235 g/mol. The van der Waals surface area contributed by atoms with Gasteiger partial charge in [0.2, 0.25) is 0 Å². The van der Waals surface area contributed by atoms with Crippen molar-refractivity contribution < 1.29 is 23.0 Å². The van der Waals surface area contributed by atoms with Crippen LogP contribution in [0.5, 0.6) is 5.75 Å². The first-order valence-corrected chi connectivity index (χ1v) is 5.04. The lowest BCUT2D eigenvalue weighted by atomic mass is 10.1. The predicted molar refractivity (Wildman–Crippen MR) is 56.6 cm³/mol. The molecule has 17 heavy (non-hydrogen) atoms. The molecule has 0 spiro atoms. The molecule has 0 amide bonds. The van der Waals surface area contributed by atoms with Crippen LogP contribution < -0.4 is 10.5 Å². The summed E-state index contributed by atoms with van der Waals surface area (Å²) in [5.74, 6) is 0.253. The summed E-state index contributed by atoms with van der Waals surface area (Å²) >= 11 is 0. The van der Waals surface area contributed by atoms with E-state index in [1.807, 2.05) is 0 Å². The minimum absolute atomic E-state index is 0.230. The van der Waals surface area contributed by atoms with E-state index in [9.17, 15) is 13.2 Å². The molecule has 0 heterocycles. The van der Waals surface area contributed by atoms with Gasteiger partial charge in [0, 0.05) is 6.04 Å². The third kappa shape index (κ3) is 4.24. The van der Waals surface area contributed by atoms with Gasteiger partial charge in [-0.15, -0.1) is 0 Å². The lowest BCUT2D eigenvalue weighted by Gasteiger charge is -2.16. The lowest BCUT2D eigenvalue weighted by Crippen LogP contribution is -2.34. The molecule has 0 aromatic heterocycles. The minimum atomic E-state index is -4.67. The van der Waals surface area contributed by atoms with Gasteiger partial charge in [0.25, 0.3) is 0 Å². The normalized spacial score (nSPS) is 15.4. The van der Waals surface area contributed by atoms with Crippen molar-refractivity contribution in [3.63, 3.8) is 0 Å². The number of hydrogen-bond acceptors (Lipinski definition) is 3. The highest BCUT2D eigenvalue weighted by atomic mass is 19.4. The van der Waals surface area contributed by atoms with Gasteiger partial charge in [-0.2, -0.15) is 13.2 Å². The van der Waals surface area contributed by atoms with Crippen LogP contribution in [0.3, 0.4) is 0 Å². The monoisotopic (exact) mass is 249 g/mol. The Kier molecular flexibility index (Phi) is 4.36. The van der Waals surface area contributed by atoms with Crippen LogP contribution in [0.2, 0.25) is 0 Å². The number of benzene rings is 1. The maximum atomic E-state index is 12.0. The van der Waals surface area contributed by atoms with Gasteiger partial charge in [0.1, 0.15) is 12.4 Å². The average molecular weight is 249 g/mol. The van der Waals surface area contributed by atoms with Gasteiger partial charge >= 0.3 is 6.18 Å². The number of nitrogens with two attached hydrogens (primary N) is 1. The summed E-state index contributed by atoms with van der Waals surface area (Å²) in [6.45, 7) is 0.926. The number of aliphatic hydroxyl groups is 1. The fourth-order valence-corrected chi connectivity index (χ4v) is 1.16. The molecule has 2 unspecified atom stereocenters. The first-order valence-electron chi connectivity index (χ1n) is 5.04. The van der Waals surface area contributed by atoms with Gasteiger partial charge in [-0.05, 0) is 24.6 Å². The van der Waals surface area contributed by atoms with Crippen molar-refractivity contribution in [3.05, 3.63) is 29.8 Å². The molecule has 0 aliphatic carbocycles. The maximum Gasteiger partial charge on any atom is 0.417 e. The molecule has 1 aromatic rings. The van der Waals surface area contributed by atoms with Crippen LogP contribution in [0.4, 0.5) is 13.2 Å². The van der Waals surface area contributed by atoms with Crippen LogP contribution in [0.1, 0.15) is 18.5 Å². The number of hydrogen-bond donors (Lipinski definition) is 2. The molecule has 0 saturated heterocycles. The fourth-order valence-electron chi connectivity index (χ4n) is 1.16. The van der Waals surface area contributed by atoms with Gasteiger partial charge in [0.05, 0.1) is 0 Å². The highest BCUT2D eigenvalue weighted by Gasteiger charge is 2.38. The highest BCUT2D eigenvalue weighted by molar-refractivity contribution is 5.30. The van der Waals surface area contributed by atoms with Gasteiger partial charge in [-0.25, -0.2) is 0 Å².